The van der Waals surface area contributed by atoms with Crippen LogP contribution < -0.4 is 20.3 Å². The molecule has 1 fully saturated rings. The van der Waals surface area contributed by atoms with Crippen LogP contribution in [0.1, 0.15) is 67.2 Å². The van der Waals surface area contributed by atoms with Crippen molar-refractivity contribution in [1.29, 1.82) is 0 Å². The van der Waals surface area contributed by atoms with Gasteiger partial charge in [-0.3, -0.25) is 4.79 Å². The molecule has 0 saturated carbocycles. The van der Waals surface area contributed by atoms with Crippen molar-refractivity contribution in [2.75, 3.05) is 50.1 Å². The molecule has 1 unspecified atom stereocenters. The minimum Gasteiger partial charge on any atom is -0.493 e. The van der Waals surface area contributed by atoms with Gasteiger partial charge in [-0.2, -0.15) is 9.61 Å². The maximum absolute atomic E-state index is 13.8. The summed E-state index contributed by atoms with van der Waals surface area (Å²) in [5.41, 5.74) is 9.56. The molecule has 2 aliphatic heterocycles. The number of nitrogens with zero attached hydrogens (tertiary/aromatic N) is 6. The van der Waals surface area contributed by atoms with E-state index in [1.165, 1.54) is 0 Å². The number of amides is 1. The smallest absolute Gasteiger partial charge is 0.257 e. The fourth-order valence-electron chi connectivity index (χ4n) is 5.41. The van der Waals surface area contributed by atoms with E-state index >= 15 is 0 Å². The quantitative estimate of drug-likeness (QED) is 0.581. The number of hydrogen-bond donors (Lipinski definition) is 1. The fourth-order valence-corrected chi connectivity index (χ4v) is 5.41. The number of aromatic nitrogens is 3. The van der Waals surface area contributed by atoms with Crippen LogP contribution in [0.3, 0.4) is 0 Å². The molecule has 198 valence electrons. The summed E-state index contributed by atoms with van der Waals surface area (Å²) in [5.74, 6) is 2.51. The Morgan fingerprint density at radius 3 is 2.68 bits per heavy atom. The van der Waals surface area contributed by atoms with Gasteiger partial charge >= 0.3 is 0 Å². The first-order valence-electron chi connectivity index (χ1n) is 13.5. The molecular formula is C28H39N7O2. The Morgan fingerprint density at radius 1 is 1.11 bits per heavy atom. The van der Waals surface area contributed by atoms with Crippen molar-refractivity contribution in [2.45, 2.75) is 58.0 Å². The third-order valence-corrected chi connectivity index (χ3v) is 7.70. The molecule has 4 heterocycles. The minimum atomic E-state index is -0.195. The minimum absolute atomic E-state index is 0.0545. The molecule has 2 bridgehead atoms. The summed E-state index contributed by atoms with van der Waals surface area (Å²) in [4.78, 5) is 25.1. The maximum atomic E-state index is 13.8. The van der Waals surface area contributed by atoms with Crippen molar-refractivity contribution in [3.05, 3.63) is 47.2 Å². The zero-order valence-electron chi connectivity index (χ0n) is 22.5. The van der Waals surface area contributed by atoms with Crippen LogP contribution in [0, 0.1) is 0 Å². The number of aryl methyl sites for hydroxylation is 1. The van der Waals surface area contributed by atoms with Gasteiger partial charge in [-0.05, 0) is 49.8 Å². The number of carbonyl (C=O) groups excluding carboxylic acids is 1. The molecular weight excluding hydrogens is 466 g/mol. The van der Waals surface area contributed by atoms with E-state index in [-0.39, 0.29) is 18.0 Å². The predicted octanol–water partition coefficient (Wildman–Crippen LogP) is 3.66. The molecule has 9 heteroatoms. The third-order valence-electron chi connectivity index (χ3n) is 7.70. The highest BCUT2D eigenvalue weighted by molar-refractivity contribution is 5.97. The second-order valence-corrected chi connectivity index (χ2v) is 10.3. The predicted molar refractivity (Wildman–Crippen MR) is 147 cm³/mol. The van der Waals surface area contributed by atoms with Crippen LogP contribution in [0.4, 0.5) is 11.6 Å². The van der Waals surface area contributed by atoms with Gasteiger partial charge in [-0.1, -0.05) is 19.9 Å². The lowest BCUT2D eigenvalue weighted by atomic mass is 10.0. The number of carbonyl (C=O) groups is 1. The second kappa shape index (κ2) is 10.6. The molecule has 1 saturated heterocycles. The monoisotopic (exact) mass is 505 g/mol. The Hall–Kier alpha value is -3.33. The first-order valence-corrected chi connectivity index (χ1v) is 13.5. The Balaban J connectivity index is 1.60. The van der Waals surface area contributed by atoms with Crippen molar-refractivity contribution in [1.82, 2.24) is 19.5 Å². The summed E-state index contributed by atoms with van der Waals surface area (Å²) < 4.78 is 8.08. The van der Waals surface area contributed by atoms with Gasteiger partial charge in [0.15, 0.2) is 5.65 Å². The van der Waals surface area contributed by atoms with E-state index in [1.54, 1.807) is 4.90 Å². The number of ether oxygens (including phenoxy) is 1. The van der Waals surface area contributed by atoms with Crippen molar-refractivity contribution in [3.63, 3.8) is 0 Å². The fraction of sp³-hybridized carbons (Fsp3) is 0.536. The number of hydrogen-bond acceptors (Lipinski definition) is 7. The summed E-state index contributed by atoms with van der Waals surface area (Å²) in [5, 5.41) is 5.01. The number of rotatable bonds is 3. The molecule has 2 atom stereocenters. The van der Waals surface area contributed by atoms with E-state index in [2.05, 4.69) is 36.8 Å². The van der Waals surface area contributed by atoms with Crippen LogP contribution in [0.5, 0.6) is 5.75 Å². The molecule has 0 aliphatic carbocycles. The second-order valence-electron chi connectivity index (χ2n) is 10.3. The Kier molecular flexibility index (Phi) is 7.24. The van der Waals surface area contributed by atoms with Crippen LogP contribution in [-0.4, -0.2) is 71.8 Å². The molecule has 0 radical (unpaired) electrons. The molecule has 2 N–H and O–H groups in total. The van der Waals surface area contributed by atoms with Crippen LogP contribution in [0.15, 0.2) is 30.3 Å². The average molecular weight is 506 g/mol. The molecule has 2 aromatic heterocycles. The average Bonchev–Trinajstić information content (AvgIpc) is 3.53. The highest BCUT2D eigenvalue weighted by Crippen LogP contribution is 2.31. The SMILES string of the molecule is CCc1ccc2c(c1)C(=O)N(C)C(CC)c1cc3nc(N4CC[C@H](N)C4)cc(n3n1)N(C)CCCCO2. The molecule has 5 rings (SSSR count). The first-order chi connectivity index (χ1) is 17.9. The largest absolute Gasteiger partial charge is 0.493 e. The van der Waals surface area contributed by atoms with Gasteiger partial charge in [0.05, 0.1) is 23.9 Å². The Morgan fingerprint density at radius 2 is 1.95 bits per heavy atom. The van der Waals surface area contributed by atoms with Gasteiger partial charge in [0, 0.05) is 51.9 Å². The molecule has 2 aliphatic rings. The van der Waals surface area contributed by atoms with E-state index in [1.807, 2.05) is 35.8 Å². The van der Waals surface area contributed by atoms with Crippen molar-refractivity contribution in [3.8, 4) is 5.75 Å². The van der Waals surface area contributed by atoms with Crippen molar-refractivity contribution < 1.29 is 9.53 Å². The number of fused-ring (bicyclic) bond motifs is 2. The van der Waals surface area contributed by atoms with E-state index in [0.29, 0.717) is 17.9 Å². The lowest BCUT2D eigenvalue weighted by Crippen LogP contribution is -2.31. The Bertz CT molecular complexity index is 1270. The van der Waals surface area contributed by atoms with Gasteiger partial charge in [0.1, 0.15) is 17.4 Å². The molecule has 37 heavy (non-hydrogen) atoms. The lowest BCUT2D eigenvalue weighted by Gasteiger charge is -2.27. The van der Waals surface area contributed by atoms with Crippen LogP contribution in [0.25, 0.3) is 5.65 Å². The Labute approximate surface area is 219 Å². The van der Waals surface area contributed by atoms with Gasteiger partial charge < -0.3 is 25.2 Å². The molecule has 3 aromatic rings. The maximum Gasteiger partial charge on any atom is 0.257 e. The molecule has 1 amide bonds. The molecule has 1 aromatic carbocycles. The highest BCUT2D eigenvalue weighted by Gasteiger charge is 2.28. The van der Waals surface area contributed by atoms with E-state index in [4.69, 9.17) is 20.6 Å². The normalized spacial score (nSPS) is 21.2. The van der Waals surface area contributed by atoms with Crippen LogP contribution in [0.2, 0.25) is 0 Å². The highest BCUT2D eigenvalue weighted by atomic mass is 16.5. The molecule has 0 spiro atoms. The van der Waals surface area contributed by atoms with Crippen molar-refractivity contribution in [2.24, 2.45) is 5.73 Å². The standard InChI is InChI=1S/C28H39N7O2/c1-5-19-9-10-24-21(15-19)28(36)33(4)23(6-2)22-16-26-30-25(34-13-11-20(29)18-34)17-27(35(26)31-22)32(3)12-7-8-14-37-24/h9-10,15-17,20,23H,5-8,11-14,18,29H2,1-4H3/t20-,23?/m0/s1. The van der Waals surface area contributed by atoms with Gasteiger partial charge in [-0.15, -0.1) is 0 Å². The summed E-state index contributed by atoms with van der Waals surface area (Å²) in [6.45, 7) is 7.31. The van der Waals surface area contributed by atoms with Crippen LogP contribution >= 0.6 is 0 Å². The van der Waals surface area contributed by atoms with E-state index in [0.717, 1.165) is 80.3 Å². The zero-order chi connectivity index (χ0) is 26.1. The van der Waals surface area contributed by atoms with E-state index < -0.39 is 0 Å². The lowest BCUT2D eigenvalue weighted by molar-refractivity contribution is 0.0718. The van der Waals surface area contributed by atoms with Gasteiger partial charge in [0.25, 0.3) is 5.91 Å². The summed E-state index contributed by atoms with van der Waals surface area (Å²) in [6, 6.07) is 10.1. The third kappa shape index (κ3) is 4.97. The molecule has 9 nitrogen and oxygen atoms in total. The zero-order valence-corrected chi connectivity index (χ0v) is 22.5. The number of nitrogens with two attached hydrogens (primary N) is 1. The first kappa shape index (κ1) is 25.3. The van der Waals surface area contributed by atoms with Gasteiger partial charge in [-0.25, -0.2) is 4.98 Å². The van der Waals surface area contributed by atoms with Gasteiger partial charge in [0.2, 0.25) is 0 Å². The summed E-state index contributed by atoms with van der Waals surface area (Å²) >= 11 is 0. The van der Waals surface area contributed by atoms with E-state index in [9.17, 15) is 4.79 Å². The number of benzene rings is 1. The summed E-state index contributed by atoms with van der Waals surface area (Å²) in [7, 11) is 3.96. The van der Waals surface area contributed by atoms with Crippen LogP contribution in [-0.2, 0) is 6.42 Å². The van der Waals surface area contributed by atoms with Crippen molar-refractivity contribution >= 4 is 23.2 Å². The topological polar surface area (TPSA) is 92.2 Å². The summed E-state index contributed by atoms with van der Waals surface area (Å²) in [6.07, 6.45) is 4.39. The number of anilines is 2.